The zero-order chi connectivity index (χ0) is 10.9. The third kappa shape index (κ3) is 2.54. The molecule has 0 bridgehead atoms. The predicted molar refractivity (Wildman–Crippen MR) is 53.0 cm³/mol. The van der Waals surface area contributed by atoms with E-state index in [2.05, 4.69) is 0 Å². The monoisotopic (exact) mass is 217 g/mol. The molecule has 0 N–H and O–H groups in total. The lowest BCUT2D eigenvalue weighted by Crippen LogP contribution is -2.40. The summed E-state index contributed by atoms with van der Waals surface area (Å²) in [4.78, 5) is 13.4. The third-order valence-electron chi connectivity index (χ3n) is 3.41. The van der Waals surface area contributed by atoms with Crippen LogP contribution in [-0.4, -0.2) is 35.7 Å². The predicted octanol–water partition coefficient (Wildman–Crippen LogP) is 2.23. The van der Waals surface area contributed by atoms with Crippen molar-refractivity contribution in [3.8, 4) is 0 Å². The highest BCUT2D eigenvalue weighted by Gasteiger charge is 2.42. The molecule has 2 aliphatic rings. The van der Waals surface area contributed by atoms with Gasteiger partial charge < -0.3 is 0 Å². The van der Waals surface area contributed by atoms with Gasteiger partial charge in [-0.2, -0.15) is 0 Å². The molecule has 2 nitrogen and oxygen atoms in total. The first-order chi connectivity index (χ1) is 7.08. The topological polar surface area (TPSA) is 20.3 Å². The van der Waals surface area contributed by atoms with Gasteiger partial charge in [0.15, 0.2) is 0 Å². The van der Waals surface area contributed by atoms with Gasteiger partial charge in [-0.15, -0.1) is 0 Å². The Labute approximate surface area is 88.6 Å². The first-order valence-electron chi connectivity index (χ1n) is 5.73. The summed E-state index contributed by atoms with van der Waals surface area (Å²) in [6, 6.07) is -0.221. The van der Waals surface area contributed by atoms with E-state index in [1.54, 1.807) is 4.90 Å². The molecular formula is C11H17F2NO. The maximum absolute atomic E-state index is 13.0. The molecule has 0 radical (unpaired) electrons. The number of rotatable bonds is 1. The lowest BCUT2D eigenvalue weighted by atomic mass is 10.1. The van der Waals surface area contributed by atoms with Gasteiger partial charge in [0, 0.05) is 19.4 Å². The van der Waals surface area contributed by atoms with Gasteiger partial charge in [0.05, 0.1) is 12.6 Å². The van der Waals surface area contributed by atoms with Crippen LogP contribution in [0.3, 0.4) is 0 Å². The van der Waals surface area contributed by atoms with E-state index in [-0.39, 0.29) is 24.8 Å². The molecule has 0 aromatic rings. The number of hydrogen-bond acceptors (Lipinski definition) is 2. The van der Waals surface area contributed by atoms with Gasteiger partial charge in [-0.3, -0.25) is 9.69 Å². The summed E-state index contributed by atoms with van der Waals surface area (Å²) in [5.41, 5.74) is 0. The lowest BCUT2D eigenvalue weighted by Gasteiger charge is -2.24. The van der Waals surface area contributed by atoms with Crippen LogP contribution in [0.2, 0.25) is 0 Å². The van der Waals surface area contributed by atoms with E-state index in [1.807, 2.05) is 0 Å². The number of halogens is 2. The van der Waals surface area contributed by atoms with Crippen LogP contribution in [0.4, 0.5) is 8.78 Å². The van der Waals surface area contributed by atoms with E-state index in [9.17, 15) is 13.6 Å². The molecule has 0 spiro atoms. The van der Waals surface area contributed by atoms with Crippen LogP contribution in [-0.2, 0) is 4.79 Å². The number of hydrogen-bond donors (Lipinski definition) is 0. The van der Waals surface area contributed by atoms with Gasteiger partial charge in [-0.25, -0.2) is 8.78 Å². The second-order valence-electron chi connectivity index (χ2n) is 4.66. The highest BCUT2D eigenvalue weighted by atomic mass is 19.3. The molecule has 1 aliphatic heterocycles. The number of nitrogens with zero attached hydrogens (tertiary/aromatic N) is 1. The average molecular weight is 217 g/mol. The van der Waals surface area contributed by atoms with Crippen molar-refractivity contribution in [2.24, 2.45) is 0 Å². The zero-order valence-electron chi connectivity index (χ0n) is 8.85. The quantitative estimate of drug-likeness (QED) is 0.628. The minimum Gasteiger partial charge on any atom is -0.298 e. The fourth-order valence-electron chi connectivity index (χ4n) is 2.56. The van der Waals surface area contributed by atoms with E-state index >= 15 is 0 Å². The molecule has 2 fully saturated rings. The van der Waals surface area contributed by atoms with Crippen LogP contribution in [0, 0.1) is 0 Å². The van der Waals surface area contributed by atoms with Crippen molar-refractivity contribution < 1.29 is 13.6 Å². The molecule has 1 saturated heterocycles. The van der Waals surface area contributed by atoms with Gasteiger partial charge in [-0.1, -0.05) is 12.8 Å². The van der Waals surface area contributed by atoms with E-state index in [4.69, 9.17) is 0 Å². The van der Waals surface area contributed by atoms with E-state index in [0.29, 0.717) is 13.0 Å². The summed E-state index contributed by atoms with van der Waals surface area (Å²) in [5, 5.41) is 0. The van der Waals surface area contributed by atoms with E-state index < -0.39 is 5.92 Å². The van der Waals surface area contributed by atoms with Crippen molar-refractivity contribution in [1.29, 1.82) is 0 Å². The normalized spacial score (nSPS) is 32.9. The fraction of sp³-hybridized carbons (Fsp3) is 0.909. The SMILES string of the molecule is O=C1CCCCCC1N1CCC(F)(F)C1. The Hall–Kier alpha value is -0.510. The molecule has 2 rings (SSSR count). The average Bonchev–Trinajstić information content (AvgIpc) is 2.39. The number of ketones is 1. The summed E-state index contributed by atoms with van der Waals surface area (Å²) in [6.45, 7) is 0.160. The largest absolute Gasteiger partial charge is 0.298 e. The third-order valence-corrected chi connectivity index (χ3v) is 3.41. The summed E-state index contributed by atoms with van der Waals surface area (Å²) in [5.74, 6) is -2.41. The Morgan fingerprint density at radius 1 is 1.27 bits per heavy atom. The highest BCUT2D eigenvalue weighted by Crippen LogP contribution is 2.31. The molecule has 0 amide bonds. The molecule has 1 aliphatic carbocycles. The van der Waals surface area contributed by atoms with Crippen molar-refractivity contribution >= 4 is 5.78 Å². The first-order valence-corrected chi connectivity index (χ1v) is 5.73. The molecule has 15 heavy (non-hydrogen) atoms. The van der Waals surface area contributed by atoms with Gasteiger partial charge >= 0.3 is 0 Å². The molecule has 1 saturated carbocycles. The highest BCUT2D eigenvalue weighted by molar-refractivity contribution is 5.84. The fourth-order valence-corrected chi connectivity index (χ4v) is 2.56. The minimum atomic E-state index is -2.58. The maximum Gasteiger partial charge on any atom is 0.261 e. The number of Topliss-reactive ketones (excluding diaryl/α,β-unsaturated/α-hetero) is 1. The zero-order valence-corrected chi connectivity index (χ0v) is 8.85. The van der Waals surface area contributed by atoms with Crippen LogP contribution >= 0.6 is 0 Å². The second-order valence-corrected chi connectivity index (χ2v) is 4.66. The van der Waals surface area contributed by atoms with Gasteiger partial charge in [0.1, 0.15) is 5.78 Å². The molecule has 1 heterocycles. The summed E-state index contributed by atoms with van der Waals surface area (Å²) in [7, 11) is 0. The molecule has 0 aromatic carbocycles. The van der Waals surface area contributed by atoms with Crippen LogP contribution in [0.25, 0.3) is 0 Å². The lowest BCUT2D eigenvalue weighted by molar-refractivity contribution is -0.124. The number of likely N-dealkylation sites (tertiary alicyclic amines) is 1. The smallest absolute Gasteiger partial charge is 0.261 e. The second kappa shape index (κ2) is 4.16. The Kier molecular flexibility index (Phi) is 3.05. The van der Waals surface area contributed by atoms with Crippen molar-refractivity contribution in [1.82, 2.24) is 4.90 Å². The Bertz CT molecular complexity index is 255. The van der Waals surface area contributed by atoms with Gasteiger partial charge in [0.2, 0.25) is 0 Å². The van der Waals surface area contributed by atoms with Crippen molar-refractivity contribution in [3.05, 3.63) is 0 Å². The summed E-state index contributed by atoms with van der Waals surface area (Å²) < 4.78 is 26.1. The Balaban J connectivity index is 2.00. The summed E-state index contributed by atoms with van der Waals surface area (Å²) in [6.07, 6.45) is 4.25. The molecule has 4 heteroatoms. The maximum atomic E-state index is 13.0. The first kappa shape index (κ1) is 11.0. The minimum absolute atomic E-state index is 0.0865. The number of alkyl halides is 2. The van der Waals surface area contributed by atoms with Crippen molar-refractivity contribution in [2.45, 2.75) is 50.5 Å². The summed E-state index contributed by atoms with van der Waals surface area (Å²) >= 11 is 0. The van der Waals surface area contributed by atoms with Crippen molar-refractivity contribution in [2.75, 3.05) is 13.1 Å². The standard InChI is InChI=1S/C11H17F2NO/c12-11(13)6-7-14(8-11)9-4-2-1-3-5-10(9)15/h9H,1-8H2. The van der Waals surface area contributed by atoms with Crippen LogP contribution in [0.1, 0.15) is 38.5 Å². The van der Waals surface area contributed by atoms with Crippen LogP contribution < -0.4 is 0 Å². The van der Waals surface area contributed by atoms with E-state index in [0.717, 1.165) is 25.7 Å². The molecule has 86 valence electrons. The number of carbonyl (C=O) groups excluding carboxylic acids is 1. The van der Waals surface area contributed by atoms with Crippen molar-refractivity contribution in [3.63, 3.8) is 0 Å². The molecule has 0 aromatic heterocycles. The van der Waals surface area contributed by atoms with E-state index in [1.165, 1.54) is 0 Å². The van der Waals surface area contributed by atoms with Crippen LogP contribution in [0.15, 0.2) is 0 Å². The van der Waals surface area contributed by atoms with Gasteiger partial charge in [0.25, 0.3) is 5.92 Å². The molecular weight excluding hydrogens is 200 g/mol. The number of carbonyl (C=O) groups is 1. The Morgan fingerprint density at radius 2 is 2.07 bits per heavy atom. The molecule has 1 unspecified atom stereocenters. The van der Waals surface area contributed by atoms with Gasteiger partial charge in [-0.05, 0) is 12.8 Å². The molecule has 1 atom stereocenters. The Morgan fingerprint density at radius 3 is 2.73 bits per heavy atom. The van der Waals surface area contributed by atoms with Crippen LogP contribution in [0.5, 0.6) is 0 Å².